The van der Waals surface area contributed by atoms with Crippen molar-refractivity contribution in [2.24, 2.45) is 0 Å². The van der Waals surface area contributed by atoms with Crippen molar-refractivity contribution in [1.82, 2.24) is 0 Å². The van der Waals surface area contributed by atoms with Gasteiger partial charge in [0, 0.05) is 0 Å². The molecule has 0 fully saturated rings. The molecule has 10 rings (SSSR count). The summed E-state index contributed by atoms with van der Waals surface area (Å²) in [4.78, 5) is 0. The summed E-state index contributed by atoms with van der Waals surface area (Å²) in [7, 11) is 0. The Kier molecular flexibility index (Phi) is 9.54. The molecule has 53 heavy (non-hydrogen) atoms. The van der Waals surface area contributed by atoms with Crippen molar-refractivity contribution in [2.45, 2.75) is 25.7 Å². The van der Waals surface area contributed by atoms with Crippen LogP contribution in [0.5, 0.6) is 0 Å². The van der Waals surface area contributed by atoms with Crippen molar-refractivity contribution in [3.63, 3.8) is 0 Å². The van der Waals surface area contributed by atoms with Crippen molar-refractivity contribution in [3.05, 3.63) is 197 Å². The number of halogens is 2. The van der Waals surface area contributed by atoms with Crippen LogP contribution in [0, 0.1) is 13.8 Å². The Morgan fingerprint density at radius 1 is 0.434 bits per heavy atom. The van der Waals surface area contributed by atoms with Crippen LogP contribution in [0.1, 0.15) is 57.1 Å². The summed E-state index contributed by atoms with van der Waals surface area (Å²) in [6, 6.07) is 53.2. The predicted molar refractivity (Wildman–Crippen MR) is 205 cm³/mol. The maximum Gasteiger partial charge on any atom is -1.00 e. The molecule has 0 N–H and O–H groups in total. The fourth-order valence-electron chi connectivity index (χ4n) is 8.24. The molecule has 256 valence electrons. The maximum absolute atomic E-state index is 6.46. The van der Waals surface area contributed by atoms with Crippen molar-refractivity contribution in [1.29, 1.82) is 0 Å². The van der Waals surface area contributed by atoms with Crippen LogP contribution in [-0.4, -0.2) is 0 Å². The van der Waals surface area contributed by atoms with Gasteiger partial charge < -0.3 is 24.8 Å². The molecule has 2 aliphatic carbocycles. The Bertz CT molecular complexity index is 2540. The Labute approximate surface area is 333 Å². The quantitative estimate of drug-likeness (QED) is 0.183. The molecule has 0 saturated carbocycles. The van der Waals surface area contributed by atoms with Gasteiger partial charge >= 0.3 is 311 Å². The topological polar surface area (TPSA) is 26.3 Å². The number of fused-ring (bicyclic) bond motifs is 4. The van der Waals surface area contributed by atoms with Gasteiger partial charge in [-0.05, 0) is 0 Å². The van der Waals surface area contributed by atoms with E-state index in [4.69, 9.17) is 8.83 Å². The molecule has 6 aromatic carbocycles. The summed E-state index contributed by atoms with van der Waals surface area (Å²) < 4.78 is 15.9. The van der Waals surface area contributed by atoms with Crippen LogP contribution < -0.4 is 24.8 Å². The Hall–Kier alpha value is -4.66. The number of rotatable bonds is 6. The molecule has 8 aromatic rings. The minimum atomic E-state index is -1.38. The van der Waals surface area contributed by atoms with Gasteiger partial charge in [0.25, 0.3) is 0 Å². The molecule has 2 heterocycles. The molecule has 2 aliphatic rings. The van der Waals surface area contributed by atoms with Gasteiger partial charge in [-0.3, -0.25) is 0 Å². The second kappa shape index (κ2) is 14.3. The fourth-order valence-corrected chi connectivity index (χ4v) is 12.3. The molecule has 0 radical (unpaired) electrons. The van der Waals surface area contributed by atoms with Gasteiger partial charge in [-0.25, -0.2) is 0 Å². The maximum atomic E-state index is 6.46. The predicted octanol–water partition coefficient (Wildman–Crippen LogP) is 6.89. The van der Waals surface area contributed by atoms with Gasteiger partial charge in [-0.15, -0.1) is 0 Å². The molecule has 0 bridgehead atoms. The third-order valence-corrected chi connectivity index (χ3v) is 14.2. The number of hydrogen-bond acceptors (Lipinski definition) is 2. The molecule has 0 saturated heterocycles. The van der Waals surface area contributed by atoms with Gasteiger partial charge in [-0.1, -0.05) is 0 Å². The molecular formula is C48H34Cl2O2Zr. The van der Waals surface area contributed by atoms with E-state index in [9.17, 15) is 0 Å². The standard InChI is InChI=1S/2C24H17O.2ClH.Zr/c2*1-16-9-14-24(25-16)23-13-12-22-20(7-4-8-21(22)23)19-11-10-17-5-2-3-6-18(17)15-19;;;/h2*2-12,14-15,23H,1H3;2*1H;/q;;;;+2/p-2. The van der Waals surface area contributed by atoms with Gasteiger partial charge in [-0.2, -0.15) is 0 Å². The summed E-state index contributed by atoms with van der Waals surface area (Å²) in [6.07, 6.45) is 5.04. The number of furan rings is 2. The summed E-state index contributed by atoms with van der Waals surface area (Å²) in [5, 5.41) is 5.05. The molecule has 0 spiro atoms. The second-order valence-corrected chi connectivity index (χ2v) is 17.3. The van der Waals surface area contributed by atoms with Crippen LogP contribution in [0.4, 0.5) is 0 Å². The van der Waals surface area contributed by atoms with Crippen molar-refractivity contribution < 1.29 is 56.9 Å². The van der Waals surface area contributed by atoms with E-state index in [2.05, 4.69) is 158 Å². The van der Waals surface area contributed by atoms with Crippen LogP contribution >= 0.6 is 0 Å². The summed E-state index contributed by atoms with van der Waals surface area (Å²) in [5.41, 5.74) is 10.4. The van der Waals surface area contributed by atoms with Crippen molar-refractivity contribution in [3.8, 4) is 22.3 Å². The SMILES string of the molecule is Cc1ccc(C2[C]([Zr+2][C]3=Cc4c(-c5ccc6ccccc6c5)cccc4C3c3ccc(C)o3)=Cc3c(-c4ccc5ccccc5c4)cccc32)o1.[Cl-].[Cl-]. The van der Waals surface area contributed by atoms with E-state index in [1.165, 1.54) is 72.6 Å². The van der Waals surface area contributed by atoms with Gasteiger partial charge in [0.2, 0.25) is 0 Å². The smallest absolute Gasteiger partial charge is 1.00 e. The number of hydrogen-bond donors (Lipinski definition) is 0. The third-order valence-electron chi connectivity index (χ3n) is 10.6. The molecule has 2 unspecified atom stereocenters. The average Bonchev–Trinajstić information content (AvgIpc) is 3.95. The minimum absolute atomic E-state index is 0. The zero-order valence-electron chi connectivity index (χ0n) is 29.2. The normalized spacial score (nSPS) is 15.6. The molecular weight excluding hydrogens is 771 g/mol. The monoisotopic (exact) mass is 802 g/mol. The zero-order valence-corrected chi connectivity index (χ0v) is 33.2. The van der Waals surface area contributed by atoms with Gasteiger partial charge in [0.05, 0.1) is 0 Å². The minimum Gasteiger partial charge on any atom is -1.00 e. The van der Waals surface area contributed by atoms with E-state index in [0.29, 0.717) is 0 Å². The Morgan fingerprint density at radius 2 is 0.868 bits per heavy atom. The first-order valence-corrected chi connectivity index (χ1v) is 20.1. The van der Waals surface area contributed by atoms with Gasteiger partial charge in [0.15, 0.2) is 0 Å². The number of benzene rings is 6. The van der Waals surface area contributed by atoms with E-state index >= 15 is 0 Å². The summed E-state index contributed by atoms with van der Waals surface area (Å²) in [6.45, 7) is 4.10. The Morgan fingerprint density at radius 3 is 1.28 bits per heavy atom. The van der Waals surface area contributed by atoms with Crippen LogP contribution in [0.15, 0.2) is 161 Å². The van der Waals surface area contributed by atoms with Crippen molar-refractivity contribution in [2.75, 3.05) is 0 Å². The van der Waals surface area contributed by atoms with Crippen LogP contribution in [0.3, 0.4) is 0 Å². The van der Waals surface area contributed by atoms with Crippen LogP contribution in [-0.2, 0) is 23.2 Å². The van der Waals surface area contributed by atoms with E-state index in [1.54, 1.807) is 0 Å². The largest absolute Gasteiger partial charge is 1.00 e. The van der Waals surface area contributed by atoms with Gasteiger partial charge in [0.1, 0.15) is 0 Å². The number of allylic oxidation sites excluding steroid dienone is 2. The zero-order chi connectivity index (χ0) is 34.1. The van der Waals surface area contributed by atoms with Crippen LogP contribution in [0.25, 0.3) is 56.0 Å². The van der Waals surface area contributed by atoms with E-state index in [1.807, 2.05) is 13.8 Å². The molecule has 2 atom stereocenters. The molecule has 0 aliphatic heterocycles. The second-order valence-electron chi connectivity index (χ2n) is 13.8. The van der Waals surface area contributed by atoms with E-state index in [0.717, 1.165) is 23.0 Å². The Balaban J connectivity index is 0.00000200. The molecule has 2 aromatic heterocycles. The molecule has 5 heteroatoms. The summed E-state index contributed by atoms with van der Waals surface area (Å²) in [5.74, 6) is 4.17. The molecule has 2 nitrogen and oxygen atoms in total. The summed E-state index contributed by atoms with van der Waals surface area (Å²) >= 11 is -1.38. The van der Waals surface area contributed by atoms with E-state index < -0.39 is 23.2 Å². The first-order chi connectivity index (χ1) is 25.1. The molecule has 0 amide bonds. The van der Waals surface area contributed by atoms with E-state index in [-0.39, 0.29) is 36.6 Å². The third kappa shape index (κ3) is 6.20. The average molecular weight is 805 g/mol. The number of aryl methyl sites for hydroxylation is 2. The van der Waals surface area contributed by atoms with Crippen molar-refractivity contribution >= 4 is 33.7 Å². The fraction of sp³-hybridized carbons (Fsp3) is 0.0833. The first kappa shape index (κ1) is 35.4. The van der Waals surface area contributed by atoms with Crippen LogP contribution in [0.2, 0.25) is 0 Å². The first-order valence-electron chi connectivity index (χ1n) is 17.6.